The van der Waals surface area contributed by atoms with Crippen LogP contribution in [0.4, 0.5) is 0 Å². The van der Waals surface area contributed by atoms with Gasteiger partial charge in [0.1, 0.15) is 11.6 Å². The zero-order valence-electron chi connectivity index (χ0n) is 19.4. The second-order valence-electron chi connectivity index (χ2n) is 9.54. The van der Waals surface area contributed by atoms with Crippen LogP contribution < -0.4 is 10.1 Å². The molecule has 0 spiro atoms. The van der Waals surface area contributed by atoms with Crippen molar-refractivity contribution in [3.05, 3.63) is 59.9 Å². The molecule has 0 radical (unpaired) electrons. The number of nitrogens with zero attached hydrogens (tertiary/aromatic N) is 2. The van der Waals surface area contributed by atoms with Gasteiger partial charge in [0.25, 0.3) is 0 Å². The maximum atomic E-state index is 12.9. The zero-order valence-corrected chi connectivity index (χ0v) is 19.4. The number of imidazole rings is 1. The number of H-pyrrole nitrogens is 1. The lowest BCUT2D eigenvalue weighted by Gasteiger charge is -2.33. The molecule has 1 saturated heterocycles. The number of carbonyl (C=O) groups excluding carboxylic acids is 1. The van der Waals surface area contributed by atoms with Gasteiger partial charge in [-0.3, -0.25) is 9.69 Å². The van der Waals surface area contributed by atoms with Gasteiger partial charge in [-0.05, 0) is 61.7 Å². The first-order valence-electron chi connectivity index (χ1n) is 11.5. The van der Waals surface area contributed by atoms with Crippen LogP contribution in [0.25, 0.3) is 11.0 Å². The Hall–Kier alpha value is -2.86. The number of fused-ring (bicyclic) bond motifs is 1. The maximum absolute atomic E-state index is 12.9. The molecule has 1 aliphatic rings. The Labute approximate surface area is 190 Å². The molecule has 0 aliphatic carbocycles. The number of para-hydroxylation sites is 2. The van der Waals surface area contributed by atoms with Crippen LogP contribution in [-0.4, -0.2) is 47.5 Å². The van der Waals surface area contributed by atoms with Gasteiger partial charge in [-0.1, -0.05) is 38.1 Å². The molecule has 6 nitrogen and oxygen atoms in total. The van der Waals surface area contributed by atoms with E-state index in [1.54, 1.807) is 7.11 Å². The third-order valence-electron chi connectivity index (χ3n) is 6.49. The molecule has 0 unspecified atom stereocenters. The van der Waals surface area contributed by atoms with Gasteiger partial charge in [-0.2, -0.15) is 0 Å². The number of hydrogen-bond acceptors (Lipinski definition) is 4. The van der Waals surface area contributed by atoms with Gasteiger partial charge in [-0.15, -0.1) is 0 Å². The molecule has 1 aliphatic heterocycles. The van der Waals surface area contributed by atoms with Crippen molar-refractivity contribution in [2.45, 2.75) is 39.7 Å². The molecule has 2 aromatic carbocycles. The van der Waals surface area contributed by atoms with E-state index in [9.17, 15) is 4.79 Å². The Kier molecular flexibility index (Phi) is 6.80. The molecular weight excluding hydrogens is 400 g/mol. The molecule has 2 N–H and O–H groups in total. The Morgan fingerprint density at radius 3 is 2.56 bits per heavy atom. The quantitative estimate of drug-likeness (QED) is 0.558. The number of hydrogen-bond donors (Lipinski definition) is 2. The summed E-state index contributed by atoms with van der Waals surface area (Å²) < 4.78 is 5.24. The number of aromatic nitrogens is 2. The number of nitrogens with one attached hydrogen (secondary N) is 2. The molecule has 0 bridgehead atoms. The van der Waals surface area contributed by atoms with Crippen molar-refractivity contribution in [1.29, 1.82) is 0 Å². The first-order chi connectivity index (χ1) is 15.4. The fourth-order valence-corrected chi connectivity index (χ4v) is 4.40. The lowest BCUT2D eigenvalue weighted by atomic mass is 9.87. The van der Waals surface area contributed by atoms with Crippen LogP contribution in [0, 0.1) is 11.3 Å². The Morgan fingerprint density at radius 1 is 1.16 bits per heavy atom. The van der Waals surface area contributed by atoms with E-state index in [0.717, 1.165) is 61.6 Å². The highest BCUT2D eigenvalue weighted by Crippen LogP contribution is 2.24. The van der Waals surface area contributed by atoms with Crippen molar-refractivity contribution < 1.29 is 9.53 Å². The summed E-state index contributed by atoms with van der Waals surface area (Å²) in [6, 6.07) is 16.3. The highest BCUT2D eigenvalue weighted by atomic mass is 16.5. The van der Waals surface area contributed by atoms with E-state index >= 15 is 0 Å². The summed E-state index contributed by atoms with van der Waals surface area (Å²) in [6.45, 7) is 7.83. The largest absolute Gasteiger partial charge is 0.497 e. The van der Waals surface area contributed by atoms with E-state index < -0.39 is 5.41 Å². The standard InChI is InChI=1S/C26H34N4O2/c1-26(2,16-24-28-22-6-4-5-7-23(22)29-24)25(31)27-17-19-12-14-30(15-13-19)18-20-8-10-21(32-3)11-9-20/h4-11,19H,12-18H2,1-3H3,(H,27,31)(H,28,29). The monoisotopic (exact) mass is 434 g/mol. The van der Waals surface area contributed by atoms with E-state index in [-0.39, 0.29) is 5.91 Å². The average Bonchev–Trinajstić information content (AvgIpc) is 3.20. The summed E-state index contributed by atoms with van der Waals surface area (Å²) in [6.07, 6.45) is 2.81. The van der Waals surface area contributed by atoms with Crippen LogP contribution in [0.2, 0.25) is 0 Å². The number of likely N-dealkylation sites (tertiary alicyclic amines) is 1. The lowest BCUT2D eigenvalue weighted by Crippen LogP contribution is -2.43. The summed E-state index contributed by atoms with van der Waals surface area (Å²) >= 11 is 0. The average molecular weight is 435 g/mol. The van der Waals surface area contributed by atoms with Gasteiger partial charge < -0.3 is 15.0 Å². The Balaban J connectivity index is 1.22. The van der Waals surface area contributed by atoms with Gasteiger partial charge in [0.05, 0.1) is 23.6 Å². The predicted molar refractivity (Wildman–Crippen MR) is 128 cm³/mol. The molecule has 2 heterocycles. The van der Waals surface area contributed by atoms with Crippen molar-refractivity contribution in [2.24, 2.45) is 11.3 Å². The van der Waals surface area contributed by atoms with Gasteiger partial charge in [0.15, 0.2) is 0 Å². The highest BCUT2D eigenvalue weighted by molar-refractivity contribution is 5.82. The van der Waals surface area contributed by atoms with E-state index in [2.05, 4.69) is 32.3 Å². The summed E-state index contributed by atoms with van der Waals surface area (Å²) in [4.78, 5) is 23.4. The summed E-state index contributed by atoms with van der Waals surface area (Å²) in [5, 5.41) is 3.21. The summed E-state index contributed by atoms with van der Waals surface area (Å²) in [5.41, 5.74) is 2.76. The molecule has 0 atom stereocenters. The molecule has 1 fully saturated rings. The minimum Gasteiger partial charge on any atom is -0.497 e. The summed E-state index contributed by atoms with van der Waals surface area (Å²) in [5.74, 6) is 2.39. The molecule has 0 saturated carbocycles. The second-order valence-corrected chi connectivity index (χ2v) is 9.54. The van der Waals surface area contributed by atoms with Crippen LogP contribution in [0.15, 0.2) is 48.5 Å². The fourth-order valence-electron chi connectivity index (χ4n) is 4.40. The smallest absolute Gasteiger partial charge is 0.226 e. The number of benzene rings is 2. The number of rotatable bonds is 8. The first kappa shape index (κ1) is 22.3. The number of methoxy groups -OCH3 is 1. The first-order valence-corrected chi connectivity index (χ1v) is 11.5. The summed E-state index contributed by atoms with van der Waals surface area (Å²) in [7, 11) is 1.69. The number of amides is 1. The minimum absolute atomic E-state index is 0.0959. The van der Waals surface area contributed by atoms with E-state index in [1.165, 1.54) is 5.56 Å². The SMILES string of the molecule is COc1ccc(CN2CCC(CNC(=O)C(C)(C)Cc3nc4ccccc4[nH]3)CC2)cc1. The van der Waals surface area contributed by atoms with Crippen LogP contribution in [0.5, 0.6) is 5.75 Å². The minimum atomic E-state index is -0.511. The number of carbonyl (C=O) groups is 1. The van der Waals surface area contributed by atoms with Crippen molar-refractivity contribution >= 4 is 16.9 Å². The second kappa shape index (κ2) is 9.74. The van der Waals surface area contributed by atoms with Gasteiger partial charge in [-0.25, -0.2) is 4.98 Å². The number of ether oxygens (including phenoxy) is 1. The molecule has 170 valence electrons. The van der Waals surface area contributed by atoms with E-state index in [1.807, 2.05) is 50.2 Å². The Bertz CT molecular complexity index is 1000. The fraction of sp³-hybridized carbons (Fsp3) is 0.462. The topological polar surface area (TPSA) is 70.2 Å². The molecule has 6 heteroatoms. The lowest BCUT2D eigenvalue weighted by molar-refractivity contribution is -0.129. The normalized spacial score (nSPS) is 15.7. The molecule has 32 heavy (non-hydrogen) atoms. The van der Waals surface area contributed by atoms with Crippen LogP contribution in [0.1, 0.15) is 38.1 Å². The van der Waals surface area contributed by atoms with Crippen molar-refractivity contribution in [3.63, 3.8) is 0 Å². The number of aromatic amines is 1. The molecule has 1 amide bonds. The highest BCUT2D eigenvalue weighted by Gasteiger charge is 2.30. The molecule has 3 aromatic rings. The molecular formula is C26H34N4O2. The molecule has 4 rings (SSSR count). The number of piperidine rings is 1. The van der Waals surface area contributed by atoms with Crippen molar-refractivity contribution in [1.82, 2.24) is 20.2 Å². The van der Waals surface area contributed by atoms with E-state index in [0.29, 0.717) is 12.3 Å². The van der Waals surface area contributed by atoms with Gasteiger partial charge in [0, 0.05) is 19.5 Å². The zero-order chi connectivity index (χ0) is 22.6. The Morgan fingerprint density at radius 2 is 1.88 bits per heavy atom. The van der Waals surface area contributed by atoms with Crippen LogP contribution in [0.3, 0.4) is 0 Å². The van der Waals surface area contributed by atoms with Gasteiger partial charge in [0.2, 0.25) is 5.91 Å². The predicted octanol–water partition coefficient (Wildman–Crippen LogP) is 4.17. The van der Waals surface area contributed by atoms with Crippen LogP contribution >= 0.6 is 0 Å². The van der Waals surface area contributed by atoms with Crippen molar-refractivity contribution in [3.8, 4) is 5.75 Å². The third kappa shape index (κ3) is 5.49. The maximum Gasteiger partial charge on any atom is 0.226 e. The van der Waals surface area contributed by atoms with Gasteiger partial charge >= 0.3 is 0 Å². The molecule has 1 aromatic heterocycles. The van der Waals surface area contributed by atoms with Crippen LogP contribution in [-0.2, 0) is 17.8 Å². The van der Waals surface area contributed by atoms with Crippen molar-refractivity contribution in [2.75, 3.05) is 26.7 Å². The van der Waals surface area contributed by atoms with E-state index in [4.69, 9.17) is 4.74 Å². The third-order valence-corrected chi connectivity index (χ3v) is 6.49.